The second kappa shape index (κ2) is 5.54. The highest BCUT2D eigenvalue weighted by atomic mass is 16.4. The molecule has 1 aromatic carbocycles. The van der Waals surface area contributed by atoms with E-state index >= 15 is 0 Å². The van der Waals surface area contributed by atoms with Gasteiger partial charge >= 0.3 is 5.97 Å². The number of aromatic nitrogens is 1. The molecule has 0 aliphatic carbocycles. The Balaban J connectivity index is 2.50. The topological polar surface area (TPSA) is 74.0 Å². The second-order valence-electron chi connectivity index (χ2n) is 4.83. The van der Waals surface area contributed by atoms with Crippen LogP contribution in [-0.2, 0) is 16.6 Å². The minimum absolute atomic E-state index is 0.309. The van der Waals surface area contributed by atoms with E-state index in [9.17, 15) is 15.2 Å². The van der Waals surface area contributed by atoms with E-state index in [2.05, 4.69) is 11.1 Å². The minimum Gasteiger partial charge on any atom is -0.481 e. The number of carbonyl (C=O) groups is 1. The Morgan fingerprint density at radius 3 is 2.55 bits per heavy atom. The number of hydrogen-bond acceptors (Lipinski definition) is 3. The van der Waals surface area contributed by atoms with Crippen molar-refractivity contribution in [3.8, 4) is 6.07 Å². The van der Waals surface area contributed by atoms with Crippen molar-refractivity contribution in [1.82, 2.24) is 4.98 Å². The van der Waals surface area contributed by atoms with E-state index in [-0.39, 0.29) is 0 Å². The van der Waals surface area contributed by atoms with Crippen molar-refractivity contribution >= 4 is 5.97 Å². The van der Waals surface area contributed by atoms with Crippen molar-refractivity contribution in [2.75, 3.05) is 0 Å². The normalized spacial score (nSPS) is 13.2. The summed E-state index contributed by atoms with van der Waals surface area (Å²) in [4.78, 5) is 15.7. The van der Waals surface area contributed by atoms with Crippen LogP contribution in [0.5, 0.6) is 0 Å². The van der Waals surface area contributed by atoms with Crippen LogP contribution in [0, 0.1) is 11.3 Å². The van der Waals surface area contributed by atoms with Gasteiger partial charge in [-0.05, 0) is 42.7 Å². The quantitative estimate of drug-likeness (QED) is 0.922. The third kappa shape index (κ3) is 2.52. The Morgan fingerprint density at radius 2 is 1.95 bits per heavy atom. The molecule has 0 amide bonds. The largest absolute Gasteiger partial charge is 0.481 e. The molecule has 0 aliphatic rings. The molecule has 0 bridgehead atoms. The zero-order chi connectivity index (χ0) is 14.6. The maximum atomic E-state index is 11.8. The van der Waals surface area contributed by atoms with Gasteiger partial charge in [0.15, 0.2) is 0 Å². The molecule has 0 spiro atoms. The maximum Gasteiger partial charge on any atom is 0.314 e. The van der Waals surface area contributed by atoms with E-state index < -0.39 is 11.4 Å². The first kappa shape index (κ1) is 13.8. The van der Waals surface area contributed by atoms with Gasteiger partial charge < -0.3 is 5.11 Å². The lowest BCUT2D eigenvalue weighted by atomic mass is 9.75. The summed E-state index contributed by atoms with van der Waals surface area (Å²) in [5, 5.41) is 18.8. The van der Waals surface area contributed by atoms with E-state index in [0.717, 1.165) is 5.56 Å². The third-order valence-corrected chi connectivity index (χ3v) is 3.42. The summed E-state index contributed by atoms with van der Waals surface area (Å²) < 4.78 is 0. The van der Waals surface area contributed by atoms with Crippen LogP contribution >= 0.6 is 0 Å². The monoisotopic (exact) mass is 266 g/mol. The van der Waals surface area contributed by atoms with Crippen molar-refractivity contribution in [2.45, 2.75) is 18.8 Å². The molecule has 1 aromatic heterocycles. The highest BCUT2D eigenvalue weighted by Gasteiger charge is 2.37. The minimum atomic E-state index is -1.15. The first-order valence-electron chi connectivity index (χ1n) is 6.20. The standard InChI is InChI=1S/C16H14N2O2/c1-16(15(19)20,10-12-6-8-18-9-7-12)14-5-3-2-4-13(14)11-17/h2-9H,10H2,1H3,(H,19,20). The fraction of sp³-hybridized carbons (Fsp3) is 0.188. The van der Waals surface area contributed by atoms with Crippen molar-refractivity contribution in [2.24, 2.45) is 0 Å². The highest BCUT2D eigenvalue weighted by Crippen LogP contribution is 2.31. The van der Waals surface area contributed by atoms with Crippen LogP contribution in [0.1, 0.15) is 23.6 Å². The zero-order valence-corrected chi connectivity index (χ0v) is 11.1. The van der Waals surface area contributed by atoms with Crippen molar-refractivity contribution < 1.29 is 9.90 Å². The molecular weight excluding hydrogens is 252 g/mol. The SMILES string of the molecule is CC(Cc1ccncc1)(C(=O)O)c1ccccc1C#N. The van der Waals surface area contributed by atoms with E-state index in [1.807, 2.05) is 0 Å². The number of nitrogens with zero attached hydrogens (tertiary/aromatic N) is 2. The van der Waals surface area contributed by atoms with Crippen LogP contribution in [0.4, 0.5) is 0 Å². The fourth-order valence-electron chi connectivity index (χ4n) is 2.26. The van der Waals surface area contributed by atoms with Gasteiger partial charge in [-0.2, -0.15) is 5.26 Å². The zero-order valence-electron chi connectivity index (χ0n) is 11.1. The number of carboxylic acid groups (broad SMARTS) is 1. The van der Waals surface area contributed by atoms with Crippen LogP contribution in [0.25, 0.3) is 0 Å². The first-order chi connectivity index (χ1) is 9.58. The summed E-state index contributed by atoms with van der Waals surface area (Å²) in [6.07, 6.45) is 3.57. The molecule has 4 heteroatoms. The number of carboxylic acids is 1. The molecule has 1 heterocycles. The van der Waals surface area contributed by atoms with Crippen molar-refractivity contribution in [1.29, 1.82) is 5.26 Å². The van der Waals surface area contributed by atoms with Gasteiger partial charge in [0, 0.05) is 12.4 Å². The molecule has 0 fully saturated rings. The molecule has 0 saturated heterocycles. The Bertz CT molecular complexity index is 662. The highest BCUT2D eigenvalue weighted by molar-refractivity contribution is 5.82. The summed E-state index contributed by atoms with van der Waals surface area (Å²) >= 11 is 0. The summed E-state index contributed by atoms with van der Waals surface area (Å²) in [5.74, 6) is -0.947. The number of rotatable bonds is 4. The number of aliphatic carboxylic acids is 1. The van der Waals surface area contributed by atoms with Crippen molar-refractivity contribution in [3.63, 3.8) is 0 Å². The fourth-order valence-corrected chi connectivity index (χ4v) is 2.26. The summed E-state index contributed by atoms with van der Waals surface area (Å²) in [7, 11) is 0. The molecule has 0 radical (unpaired) electrons. The molecule has 0 saturated carbocycles. The Kier molecular flexibility index (Phi) is 3.81. The Morgan fingerprint density at radius 1 is 1.30 bits per heavy atom. The molecule has 1 unspecified atom stereocenters. The van der Waals surface area contributed by atoms with Gasteiger partial charge in [-0.1, -0.05) is 18.2 Å². The molecule has 4 nitrogen and oxygen atoms in total. The molecular formula is C16H14N2O2. The molecule has 2 aromatic rings. The van der Waals surface area contributed by atoms with Crippen LogP contribution in [-0.4, -0.2) is 16.1 Å². The first-order valence-corrected chi connectivity index (χ1v) is 6.20. The molecule has 2 rings (SSSR count). The predicted molar refractivity (Wildman–Crippen MR) is 74.1 cm³/mol. The van der Waals surface area contributed by atoms with Crippen molar-refractivity contribution in [3.05, 3.63) is 65.5 Å². The van der Waals surface area contributed by atoms with E-state index in [1.165, 1.54) is 0 Å². The molecule has 0 aliphatic heterocycles. The lowest BCUT2D eigenvalue weighted by Crippen LogP contribution is -2.35. The summed E-state index contributed by atoms with van der Waals surface area (Å²) in [5.41, 5.74) is 0.657. The average Bonchev–Trinajstić information content (AvgIpc) is 2.48. The number of benzene rings is 1. The molecule has 100 valence electrons. The van der Waals surface area contributed by atoms with Gasteiger partial charge in [0.05, 0.1) is 17.0 Å². The molecule has 20 heavy (non-hydrogen) atoms. The van der Waals surface area contributed by atoms with Crippen LogP contribution in [0.3, 0.4) is 0 Å². The smallest absolute Gasteiger partial charge is 0.314 e. The maximum absolute atomic E-state index is 11.8. The third-order valence-electron chi connectivity index (χ3n) is 3.42. The van der Waals surface area contributed by atoms with E-state index in [4.69, 9.17) is 0 Å². The summed E-state index contributed by atoms with van der Waals surface area (Å²) in [6.45, 7) is 1.64. The molecule has 1 N–H and O–H groups in total. The number of hydrogen-bond donors (Lipinski definition) is 1. The van der Waals surface area contributed by atoms with Gasteiger partial charge in [-0.3, -0.25) is 9.78 Å². The number of pyridine rings is 1. The number of nitriles is 1. The second-order valence-corrected chi connectivity index (χ2v) is 4.83. The Labute approximate surface area is 117 Å². The van der Waals surface area contributed by atoms with E-state index in [1.54, 1.807) is 55.7 Å². The van der Waals surface area contributed by atoms with Crippen LogP contribution < -0.4 is 0 Å². The van der Waals surface area contributed by atoms with Gasteiger partial charge in [0.25, 0.3) is 0 Å². The van der Waals surface area contributed by atoms with Crippen LogP contribution in [0.2, 0.25) is 0 Å². The lowest BCUT2D eigenvalue weighted by molar-refractivity contribution is -0.143. The Hall–Kier alpha value is -2.67. The lowest BCUT2D eigenvalue weighted by Gasteiger charge is -2.26. The van der Waals surface area contributed by atoms with Gasteiger partial charge in [-0.15, -0.1) is 0 Å². The van der Waals surface area contributed by atoms with Gasteiger partial charge in [-0.25, -0.2) is 0 Å². The van der Waals surface area contributed by atoms with Crippen LogP contribution in [0.15, 0.2) is 48.8 Å². The van der Waals surface area contributed by atoms with E-state index in [0.29, 0.717) is 17.5 Å². The molecule has 1 atom stereocenters. The predicted octanol–water partition coefficient (Wildman–Crippen LogP) is 2.54. The van der Waals surface area contributed by atoms with Gasteiger partial charge in [0.1, 0.15) is 0 Å². The summed E-state index contributed by atoms with van der Waals surface area (Å²) in [6, 6.07) is 12.5. The average molecular weight is 266 g/mol. The van der Waals surface area contributed by atoms with Gasteiger partial charge in [0.2, 0.25) is 0 Å².